The number of urea groups is 1. The molecule has 0 aliphatic carbocycles. The summed E-state index contributed by atoms with van der Waals surface area (Å²) < 4.78 is 0. The number of aromatic nitrogens is 2. The monoisotopic (exact) mass is 283 g/mol. The lowest BCUT2D eigenvalue weighted by atomic mass is 10.2. The summed E-state index contributed by atoms with van der Waals surface area (Å²) in [5, 5.41) is 14.7. The Labute approximate surface area is 117 Å². The Morgan fingerprint density at radius 2 is 2.16 bits per heavy atom. The molecule has 1 aliphatic heterocycles. The standard InChI is InChI=1S/C12H21N5OS/c1-3-10(17-6-4-5-7-17)8-13-11(18)14-12-16-15-9(2)19-12/h10H,3-8H2,1-2H3,(H2,13,14,16,18)/t10-/m0/s1. The van der Waals surface area contributed by atoms with Gasteiger partial charge in [-0.2, -0.15) is 0 Å². The van der Waals surface area contributed by atoms with Gasteiger partial charge in [0, 0.05) is 12.6 Å². The Kier molecular flexibility index (Phi) is 5.09. The van der Waals surface area contributed by atoms with Gasteiger partial charge in [0.1, 0.15) is 5.01 Å². The molecule has 1 fully saturated rings. The number of anilines is 1. The SMILES string of the molecule is CC[C@@H](CNC(=O)Nc1nnc(C)s1)N1CCCC1. The lowest BCUT2D eigenvalue weighted by Crippen LogP contribution is -2.43. The van der Waals surface area contributed by atoms with Crippen molar-refractivity contribution in [3.8, 4) is 0 Å². The highest BCUT2D eigenvalue weighted by Crippen LogP contribution is 2.14. The predicted octanol–water partition coefficient (Wildman–Crippen LogP) is 1.84. The molecular formula is C12H21N5OS. The molecule has 0 spiro atoms. The summed E-state index contributed by atoms with van der Waals surface area (Å²) >= 11 is 1.38. The van der Waals surface area contributed by atoms with Gasteiger partial charge < -0.3 is 5.32 Å². The van der Waals surface area contributed by atoms with Crippen molar-refractivity contribution in [2.24, 2.45) is 0 Å². The number of carbonyl (C=O) groups excluding carboxylic acids is 1. The molecule has 1 aromatic heterocycles. The summed E-state index contributed by atoms with van der Waals surface area (Å²) in [6.07, 6.45) is 3.59. The highest BCUT2D eigenvalue weighted by molar-refractivity contribution is 7.15. The van der Waals surface area contributed by atoms with Gasteiger partial charge in [-0.15, -0.1) is 10.2 Å². The normalized spacial score (nSPS) is 17.4. The van der Waals surface area contributed by atoms with Crippen LogP contribution < -0.4 is 10.6 Å². The van der Waals surface area contributed by atoms with Crippen LogP contribution in [0.2, 0.25) is 0 Å². The lowest BCUT2D eigenvalue weighted by molar-refractivity contribution is 0.222. The predicted molar refractivity (Wildman–Crippen MR) is 76.6 cm³/mol. The van der Waals surface area contributed by atoms with Crippen molar-refractivity contribution >= 4 is 22.5 Å². The fraction of sp³-hybridized carbons (Fsp3) is 0.750. The maximum absolute atomic E-state index is 11.8. The molecule has 1 atom stereocenters. The first-order chi connectivity index (χ1) is 9.19. The van der Waals surface area contributed by atoms with Gasteiger partial charge in [0.05, 0.1) is 0 Å². The summed E-state index contributed by atoms with van der Waals surface area (Å²) in [5.41, 5.74) is 0. The molecule has 2 amide bonds. The van der Waals surface area contributed by atoms with Crippen molar-refractivity contribution in [2.45, 2.75) is 39.2 Å². The molecule has 6 nitrogen and oxygen atoms in total. The molecule has 7 heteroatoms. The van der Waals surface area contributed by atoms with Crippen molar-refractivity contribution in [1.29, 1.82) is 0 Å². The zero-order valence-corrected chi connectivity index (χ0v) is 12.3. The van der Waals surface area contributed by atoms with Gasteiger partial charge in [-0.1, -0.05) is 18.3 Å². The summed E-state index contributed by atoms with van der Waals surface area (Å²) in [5.74, 6) is 0. The third-order valence-corrected chi connectivity index (χ3v) is 4.13. The molecule has 106 valence electrons. The summed E-state index contributed by atoms with van der Waals surface area (Å²) in [7, 11) is 0. The maximum Gasteiger partial charge on any atom is 0.321 e. The molecule has 0 aromatic carbocycles. The summed E-state index contributed by atoms with van der Waals surface area (Å²) in [6, 6.07) is 0.234. The van der Waals surface area contributed by atoms with Crippen LogP contribution in [-0.4, -0.2) is 46.8 Å². The number of hydrogen-bond acceptors (Lipinski definition) is 5. The highest BCUT2D eigenvalue weighted by atomic mass is 32.1. The van der Waals surface area contributed by atoms with E-state index >= 15 is 0 Å². The summed E-state index contributed by atoms with van der Waals surface area (Å²) in [6.45, 7) is 7.01. The van der Waals surface area contributed by atoms with Gasteiger partial charge in [0.15, 0.2) is 0 Å². The van der Waals surface area contributed by atoms with E-state index < -0.39 is 0 Å². The zero-order valence-electron chi connectivity index (χ0n) is 11.5. The molecule has 1 saturated heterocycles. The molecule has 2 N–H and O–H groups in total. The van der Waals surface area contributed by atoms with Crippen molar-refractivity contribution < 1.29 is 4.79 Å². The molecule has 0 bridgehead atoms. The van der Waals surface area contributed by atoms with Gasteiger partial charge in [0.25, 0.3) is 0 Å². The number of amides is 2. The fourth-order valence-electron chi connectivity index (χ4n) is 2.34. The van der Waals surface area contributed by atoms with E-state index in [9.17, 15) is 4.79 Å². The first kappa shape index (κ1) is 14.2. The number of aryl methyl sites for hydroxylation is 1. The molecule has 0 saturated carbocycles. The van der Waals surface area contributed by atoms with Crippen LogP contribution in [0.25, 0.3) is 0 Å². The molecule has 19 heavy (non-hydrogen) atoms. The van der Waals surface area contributed by atoms with Crippen molar-refractivity contribution in [1.82, 2.24) is 20.4 Å². The van der Waals surface area contributed by atoms with E-state index in [4.69, 9.17) is 0 Å². The van der Waals surface area contributed by atoms with Crippen LogP contribution in [-0.2, 0) is 0 Å². The second-order valence-corrected chi connectivity index (χ2v) is 5.95. The Bertz CT molecular complexity index is 416. The van der Waals surface area contributed by atoms with E-state index in [-0.39, 0.29) is 6.03 Å². The van der Waals surface area contributed by atoms with Gasteiger partial charge in [-0.25, -0.2) is 4.79 Å². The molecule has 0 unspecified atom stereocenters. The molecule has 2 rings (SSSR count). The molecule has 2 heterocycles. The summed E-state index contributed by atoms with van der Waals surface area (Å²) in [4.78, 5) is 14.2. The van der Waals surface area contributed by atoms with Crippen molar-refractivity contribution in [3.05, 3.63) is 5.01 Å². The highest BCUT2D eigenvalue weighted by Gasteiger charge is 2.20. The van der Waals surface area contributed by atoms with E-state index in [1.165, 1.54) is 24.2 Å². The van der Waals surface area contributed by atoms with Crippen LogP contribution in [0, 0.1) is 6.92 Å². The second-order valence-electron chi connectivity index (χ2n) is 4.77. The van der Waals surface area contributed by atoms with Crippen LogP contribution in [0.15, 0.2) is 0 Å². The number of likely N-dealkylation sites (tertiary alicyclic amines) is 1. The van der Waals surface area contributed by atoms with Crippen LogP contribution >= 0.6 is 11.3 Å². The average molecular weight is 283 g/mol. The molecule has 0 radical (unpaired) electrons. The smallest absolute Gasteiger partial charge is 0.321 e. The Morgan fingerprint density at radius 3 is 2.74 bits per heavy atom. The second kappa shape index (κ2) is 6.81. The van der Waals surface area contributed by atoms with E-state index in [0.717, 1.165) is 24.5 Å². The Morgan fingerprint density at radius 1 is 1.42 bits per heavy atom. The van der Waals surface area contributed by atoms with E-state index in [1.54, 1.807) is 0 Å². The quantitative estimate of drug-likeness (QED) is 0.865. The van der Waals surface area contributed by atoms with Crippen molar-refractivity contribution in [3.63, 3.8) is 0 Å². The first-order valence-electron chi connectivity index (χ1n) is 6.78. The largest absolute Gasteiger partial charge is 0.336 e. The van der Waals surface area contributed by atoms with E-state index in [0.29, 0.717) is 17.7 Å². The fourth-order valence-corrected chi connectivity index (χ4v) is 2.92. The van der Waals surface area contributed by atoms with Crippen LogP contribution in [0.1, 0.15) is 31.2 Å². The lowest BCUT2D eigenvalue weighted by Gasteiger charge is -2.26. The number of carbonyl (C=O) groups is 1. The maximum atomic E-state index is 11.8. The minimum atomic E-state index is -0.200. The average Bonchev–Trinajstić information content (AvgIpc) is 3.02. The topological polar surface area (TPSA) is 70.1 Å². The minimum absolute atomic E-state index is 0.200. The Hall–Kier alpha value is -1.21. The van der Waals surface area contributed by atoms with Crippen LogP contribution in [0.3, 0.4) is 0 Å². The molecule has 1 aliphatic rings. The van der Waals surface area contributed by atoms with Crippen LogP contribution in [0.4, 0.5) is 9.93 Å². The van der Waals surface area contributed by atoms with E-state index in [2.05, 4.69) is 32.7 Å². The third-order valence-electron chi connectivity index (χ3n) is 3.37. The number of rotatable bonds is 5. The van der Waals surface area contributed by atoms with Gasteiger partial charge >= 0.3 is 6.03 Å². The first-order valence-corrected chi connectivity index (χ1v) is 7.59. The Balaban J connectivity index is 1.75. The van der Waals surface area contributed by atoms with E-state index in [1.807, 2.05) is 6.92 Å². The molecular weight excluding hydrogens is 262 g/mol. The third kappa shape index (κ3) is 4.14. The van der Waals surface area contributed by atoms with Gasteiger partial charge in [0.2, 0.25) is 5.13 Å². The minimum Gasteiger partial charge on any atom is -0.336 e. The number of nitrogens with one attached hydrogen (secondary N) is 2. The van der Waals surface area contributed by atoms with Crippen molar-refractivity contribution in [2.75, 3.05) is 25.0 Å². The van der Waals surface area contributed by atoms with Crippen LogP contribution in [0.5, 0.6) is 0 Å². The molecule has 1 aromatic rings. The van der Waals surface area contributed by atoms with Gasteiger partial charge in [-0.3, -0.25) is 10.2 Å². The number of hydrogen-bond donors (Lipinski definition) is 2. The number of nitrogens with zero attached hydrogens (tertiary/aromatic N) is 3. The van der Waals surface area contributed by atoms with Gasteiger partial charge in [-0.05, 0) is 39.3 Å². The zero-order chi connectivity index (χ0) is 13.7.